The molecule has 0 saturated carbocycles. The van der Waals surface area contributed by atoms with Crippen LogP contribution < -0.4 is 4.74 Å². The third-order valence-corrected chi connectivity index (χ3v) is 4.10. The summed E-state index contributed by atoms with van der Waals surface area (Å²) in [7, 11) is 0. The Bertz CT molecular complexity index is 369. The van der Waals surface area contributed by atoms with Crippen molar-refractivity contribution >= 4 is 22.6 Å². The van der Waals surface area contributed by atoms with Crippen LogP contribution in [0.25, 0.3) is 0 Å². The molecule has 2 nitrogen and oxygen atoms in total. The van der Waals surface area contributed by atoms with Crippen molar-refractivity contribution in [1.82, 2.24) is 4.90 Å². The van der Waals surface area contributed by atoms with E-state index in [0.29, 0.717) is 0 Å². The number of likely N-dealkylation sites (tertiary alicyclic amines) is 1. The van der Waals surface area contributed by atoms with E-state index < -0.39 is 0 Å². The molecule has 18 heavy (non-hydrogen) atoms. The molecule has 0 bridgehead atoms. The molecule has 1 unspecified atom stereocenters. The van der Waals surface area contributed by atoms with E-state index >= 15 is 0 Å². The SMILES string of the molecule is CC1CCCN(CCCOc2cccc(I)c2)C1. The predicted molar refractivity (Wildman–Crippen MR) is 84.1 cm³/mol. The third-order valence-electron chi connectivity index (χ3n) is 3.42. The first-order chi connectivity index (χ1) is 8.74. The van der Waals surface area contributed by atoms with Gasteiger partial charge < -0.3 is 9.64 Å². The third kappa shape index (κ3) is 4.76. The highest BCUT2D eigenvalue weighted by Gasteiger charge is 2.15. The molecule has 0 N–H and O–H groups in total. The zero-order valence-corrected chi connectivity index (χ0v) is 13.2. The van der Waals surface area contributed by atoms with E-state index in [-0.39, 0.29) is 0 Å². The zero-order valence-electron chi connectivity index (χ0n) is 11.1. The van der Waals surface area contributed by atoms with Crippen LogP contribution in [-0.2, 0) is 0 Å². The number of hydrogen-bond acceptors (Lipinski definition) is 2. The molecule has 1 aliphatic rings. The second-order valence-corrected chi connectivity index (χ2v) is 6.45. The Morgan fingerprint density at radius 1 is 1.44 bits per heavy atom. The van der Waals surface area contributed by atoms with Crippen molar-refractivity contribution in [2.45, 2.75) is 26.2 Å². The van der Waals surface area contributed by atoms with Gasteiger partial charge in [-0.2, -0.15) is 0 Å². The minimum atomic E-state index is 0.824. The number of nitrogens with zero attached hydrogens (tertiary/aromatic N) is 1. The van der Waals surface area contributed by atoms with Gasteiger partial charge in [-0.3, -0.25) is 0 Å². The molecule has 3 heteroatoms. The molecule has 1 aromatic rings. The van der Waals surface area contributed by atoms with Crippen LogP contribution in [0.1, 0.15) is 26.2 Å². The highest BCUT2D eigenvalue weighted by Crippen LogP contribution is 2.17. The van der Waals surface area contributed by atoms with Crippen LogP contribution in [0.5, 0.6) is 5.75 Å². The fourth-order valence-corrected chi connectivity index (χ4v) is 3.04. The van der Waals surface area contributed by atoms with Crippen molar-refractivity contribution in [3.8, 4) is 5.75 Å². The number of ether oxygens (including phenoxy) is 1. The van der Waals surface area contributed by atoms with Gasteiger partial charge in [-0.15, -0.1) is 0 Å². The Morgan fingerprint density at radius 3 is 3.11 bits per heavy atom. The Kier molecular flexibility index (Phi) is 5.76. The molecule has 1 saturated heterocycles. The number of rotatable bonds is 5. The first-order valence-electron chi connectivity index (χ1n) is 6.85. The summed E-state index contributed by atoms with van der Waals surface area (Å²) in [5.41, 5.74) is 0. The van der Waals surface area contributed by atoms with E-state index in [4.69, 9.17) is 4.74 Å². The molecule has 1 aliphatic heterocycles. The second-order valence-electron chi connectivity index (χ2n) is 5.21. The summed E-state index contributed by atoms with van der Waals surface area (Å²) in [6.45, 7) is 6.89. The molecule has 0 spiro atoms. The minimum Gasteiger partial charge on any atom is -0.494 e. The molecule has 0 radical (unpaired) electrons. The molecular formula is C15H22INO. The van der Waals surface area contributed by atoms with Gasteiger partial charge in [-0.25, -0.2) is 0 Å². The summed E-state index contributed by atoms with van der Waals surface area (Å²) in [4.78, 5) is 2.58. The zero-order chi connectivity index (χ0) is 12.8. The first-order valence-corrected chi connectivity index (χ1v) is 7.92. The predicted octanol–water partition coefficient (Wildman–Crippen LogP) is 3.79. The van der Waals surface area contributed by atoms with Crippen LogP contribution in [0, 0.1) is 9.49 Å². The number of halogens is 1. The molecule has 1 fully saturated rings. The highest BCUT2D eigenvalue weighted by atomic mass is 127. The van der Waals surface area contributed by atoms with Crippen molar-refractivity contribution in [1.29, 1.82) is 0 Å². The number of hydrogen-bond donors (Lipinski definition) is 0. The van der Waals surface area contributed by atoms with Crippen LogP contribution in [0.15, 0.2) is 24.3 Å². The summed E-state index contributed by atoms with van der Waals surface area (Å²) in [5, 5.41) is 0. The second kappa shape index (κ2) is 7.34. The molecule has 0 aromatic heterocycles. The van der Waals surface area contributed by atoms with Gasteiger partial charge in [0.1, 0.15) is 5.75 Å². The lowest BCUT2D eigenvalue weighted by atomic mass is 10.0. The quantitative estimate of drug-likeness (QED) is 0.586. The maximum absolute atomic E-state index is 5.77. The maximum Gasteiger partial charge on any atom is 0.120 e. The summed E-state index contributed by atoms with van der Waals surface area (Å²) < 4.78 is 7.00. The van der Waals surface area contributed by atoms with Gasteiger partial charge >= 0.3 is 0 Å². The lowest BCUT2D eigenvalue weighted by molar-refractivity contribution is 0.170. The van der Waals surface area contributed by atoms with E-state index in [9.17, 15) is 0 Å². The molecule has 100 valence electrons. The summed E-state index contributed by atoms with van der Waals surface area (Å²) in [6.07, 6.45) is 3.88. The lowest BCUT2D eigenvalue weighted by Crippen LogP contribution is -2.35. The molecule has 0 amide bonds. The molecule has 1 heterocycles. The van der Waals surface area contributed by atoms with E-state index in [1.165, 1.54) is 36.0 Å². The Morgan fingerprint density at radius 2 is 2.33 bits per heavy atom. The minimum absolute atomic E-state index is 0.824. The van der Waals surface area contributed by atoms with Crippen LogP contribution in [0.3, 0.4) is 0 Å². The van der Waals surface area contributed by atoms with Gasteiger partial charge in [0, 0.05) is 16.7 Å². The number of piperidine rings is 1. The monoisotopic (exact) mass is 359 g/mol. The van der Waals surface area contributed by atoms with Crippen molar-refractivity contribution in [3.63, 3.8) is 0 Å². The molecule has 1 aromatic carbocycles. The normalized spacial score (nSPS) is 20.9. The Hall–Kier alpha value is -0.290. The van der Waals surface area contributed by atoms with Crippen molar-refractivity contribution in [2.75, 3.05) is 26.2 Å². The lowest BCUT2D eigenvalue weighted by Gasteiger charge is -2.30. The number of benzene rings is 1. The van der Waals surface area contributed by atoms with Gasteiger partial charge in [0.15, 0.2) is 0 Å². The Balaban J connectivity index is 1.64. The van der Waals surface area contributed by atoms with Crippen LogP contribution in [0.2, 0.25) is 0 Å². The fraction of sp³-hybridized carbons (Fsp3) is 0.600. The van der Waals surface area contributed by atoms with Crippen molar-refractivity contribution in [2.24, 2.45) is 5.92 Å². The average Bonchev–Trinajstić information content (AvgIpc) is 2.35. The van der Waals surface area contributed by atoms with Crippen LogP contribution in [-0.4, -0.2) is 31.1 Å². The largest absolute Gasteiger partial charge is 0.494 e. The van der Waals surface area contributed by atoms with Crippen molar-refractivity contribution < 1.29 is 4.74 Å². The maximum atomic E-state index is 5.77. The first kappa shape index (κ1) is 14.1. The fourth-order valence-electron chi connectivity index (χ4n) is 2.52. The van der Waals surface area contributed by atoms with E-state index in [1.807, 2.05) is 12.1 Å². The topological polar surface area (TPSA) is 12.5 Å². The summed E-state index contributed by atoms with van der Waals surface area (Å²) in [5.74, 6) is 1.87. The molecule has 2 rings (SSSR count). The van der Waals surface area contributed by atoms with Gasteiger partial charge in [0.05, 0.1) is 6.61 Å². The smallest absolute Gasteiger partial charge is 0.120 e. The van der Waals surface area contributed by atoms with Gasteiger partial charge in [0.25, 0.3) is 0 Å². The summed E-state index contributed by atoms with van der Waals surface area (Å²) >= 11 is 2.32. The van der Waals surface area contributed by atoms with E-state index in [0.717, 1.165) is 24.7 Å². The molecule has 0 aliphatic carbocycles. The van der Waals surface area contributed by atoms with Gasteiger partial charge in [-0.05, 0) is 72.5 Å². The Labute approximate surface area is 124 Å². The van der Waals surface area contributed by atoms with Crippen LogP contribution in [0.4, 0.5) is 0 Å². The molecular weight excluding hydrogens is 337 g/mol. The van der Waals surface area contributed by atoms with Crippen molar-refractivity contribution in [3.05, 3.63) is 27.8 Å². The highest BCUT2D eigenvalue weighted by molar-refractivity contribution is 14.1. The standard InChI is InChI=1S/C15H22INO/c1-13-5-3-8-17(12-13)9-4-10-18-15-7-2-6-14(16)11-15/h2,6-7,11,13H,3-5,8-10,12H2,1H3. The van der Waals surface area contributed by atoms with Crippen LogP contribution >= 0.6 is 22.6 Å². The summed E-state index contributed by atoms with van der Waals surface area (Å²) in [6, 6.07) is 8.25. The van der Waals surface area contributed by atoms with Gasteiger partial charge in [0.2, 0.25) is 0 Å². The van der Waals surface area contributed by atoms with E-state index in [1.54, 1.807) is 0 Å². The molecule has 1 atom stereocenters. The van der Waals surface area contributed by atoms with E-state index in [2.05, 4.69) is 46.5 Å². The average molecular weight is 359 g/mol. The van der Waals surface area contributed by atoms with Gasteiger partial charge in [-0.1, -0.05) is 13.0 Å².